The number of hydrogen-bond donors (Lipinski definition) is 1. The highest BCUT2D eigenvalue weighted by Crippen LogP contribution is 2.25. The average molecular weight is 244 g/mol. The van der Waals surface area contributed by atoms with Crippen molar-refractivity contribution in [2.45, 2.75) is 45.9 Å². The zero-order chi connectivity index (χ0) is 12.5. The lowest BCUT2D eigenvalue weighted by Crippen LogP contribution is -2.38. The minimum Gasteiger partial charge on any atom is -0.352 e. The largest absolute Gasteiger partial charge is 0.352 e. The van der Waals surface area contributed by atoms with E-state index in [1.807, 2.05) is 13.8 Å². The van der Waals surface area contributed by atoms with Gasteiger partial charge < -0.3 is 14.8 Å². The Morgan fingerprint density at radius 2 is 1.82 bits per heavy atom. The van der Waals surface area contributed by atoms with Crippen LogP contribution in [0.3, 0.4) is 0 Å². The fourth-order valence-corrected chi connectivity index (χ4v) is 2.02. The predicted octanol–water partition coefficient (Wildman–Crippen LogP) is 1.46. The summed E-state index contributed by atoms with van der Waals surface area (Å²) >= 11 is 0. The lowest BCUT2D eigenvalue weighted by Gasteiger charge is -2.21. The summed E-state index contributed by atoms with van der Waals surface area (Å²) in [5.41, 5.74) is 0. The van der Waals surface area contributed by atoms with Gasteiger partial charge in [0.05, 0.1) is 0 Å². The Morgan fingerprint density at radius 3 is 2.29 bits per heavy atom. The molecule has 0 atom stereocenters. The molecule has 102 valence electrons. The Hall–Kier alpha value is -0.160. The highest BCUT2D eigenvalue weighted by molar-refractivity contribution is 4.83. The van der Waals surface area contributed by atoms with Crippen LogP contribution in [0, 0.1) is 0 Å². The first kappa shape index (κ1) is 14.9. The van der Waals surface area contributed by atoms with Gasteiger partial charge in [0.1, 0.15) is 0 Å². The molecule has 0 bridgehead atoms. The van der Waals surface area contributed by atoms with Gasteiger partial charge in [0, 0.05) is 38.9 Å². The van der Waals surface area contributed by atoms with Gasteiger partial charge in [-0.3, -0.25) is 4.90 Å². The van der Waals surface area contributed by atoms with E-state index in [1.54, 1.807) is 0 Å². The standard InChI is InChI=1S/C13H28N2O2/c1-4-15(12-7-8-12)10-9-14-11-13(16-5-2)17-6-3/h12-14H,4-11H2,1-3H3. The minimum absolute atomic E-state index is 0.0963. The summed E-state index contributed by atoms with van der Waals surface area (Å²) in [7, 11) is 0. The number of hydrogen-bond acceptors (Lipinski definition) is 4. The Morgan fingerprint density at radius 1 is 1.18 bits per heavy atom. The third-order valence-corrected chi connectivity index (χ3v) is 3.06. The van der Waals surface area contributed by atoms with Crippen molar-refractivity contribution in [3.05, 3.63) is 0 Å². The number of nitrogens with zero attached hydrogens (tertiary/aromatic N) is 1. The number of ether oxygens (including phenoxy) is 2. The van der Waals surface area contributed by atoms with Crippen molar-refractivity contribution < 1.29 is 9.47 Å². The molecule has 1 fully saturated rings. The second-order valence-electron chi connectivity index (χ2n) is 4.40. The van der Waals surface area contributed by atoms with E-state index in [0.717, 1.165) is 32.2 Å². The van der Waals surface area contributed by atoms with Gasteiger partial charge in [0.15, 0.2) is 6.29 Å². The van der Waals surface area contributed by atoms with E-state index in [2.05, 4.69) is 17.1 Å². The molecule has 0 aromatic carbocycles. The second kappa shape index (κ2) is 8.86. The molecule has 1 saturated carbocycles. The Balaban J connectivity index is 2.03. The lowest BCUT2D eigenvalue weighted by atomic mass is 10.4. The van der Waals surface area contributed by atoms with E-state index in [-0.39, 0.29) is 6.29 Å². The van der Waals surface area contributed by atoms with Crippen molar-refractivity contribution in [1.82, 2.24) is 10.2 Å². The molecule has 1 aliphatic carbocycles. The van der Waals surface area contributed by atoms with Crippen LogP contribution >= 0.6 is 0 Å². The van der Waals surface area contributed by atoms with Crippen LogP contribution in [0.25, 0.3) is 0 Å². The SMILES string of the molecule is CCOC(CNCCN(CC)C1CC1)OCC. The van der Waals surface area contributed by atoms with E-state index < -0.39 is 0 Å². The molecule has 1 N–H and O–H groups in total. The van der Waals surface area contributed by atoms with Gasteiger partial charge in [-0.1, -0.05) is 6.92 Å². The average Bonchev–Trinajstić information content (AvgIpc) is 3.14. The van der Waals surface area contributed by atoms with Crippen molar-refractivity contribution in [2.24, 2.45) is 0 Å². The van der Waals surface area contributed by atoms with E-state index in [4.69, 9.17) is 9.47 Å². The van der Waals surface area contributed by atoms with Gasteiger partial charge in [-0.05, 0) is 33.2 Å². The molecule has 17 heavy (non-hydrogen) atoms. The number of nitrogens with one attached hydrogen (secondary N) is 1. The summed E-state index contributed by atoms with van der Waals surface area (Å²) in [5, 5.41) is 3.41. The molecule has 1 rings (SSSR count). The van der Waals surface area contributed by atoms with Crippen LogP contribution in [0.1, 0.15) is 33.6 Å². The second-order valence-corrected chi connectivity index (χ2v) is 4.40. The van der Waals surface area contributed by atoms with Crippen molar-refractivity contribution in [2.75, 3.05) is 39.4 Å². The normalized spacial score (nSPS) is 16.1. The quantitative estimate of drug-likeness (QED) is 0.441. The maximum atomic E-state index is 5.48. The van der Waals surface area contributed by atoms with Crippen LogP contribution in [-0.4, -0.2) is 56.6 Å². The highest BCUT2D eigenvalue weighted by Gasteiger charge is 2.27. The van der Waals surface area contributed by atoms with Crippen LogP contribution in [0.2, 0.25) is 0 Å². The van der Waals surface area contributed by atoms with E-state index in [0.29, 0.717) is 13.2 Å². The molecular formula is C13H28N2O2. The number of rotatable bonds is 11. The van der Waals surface area contributed by atoms with Gasteiger partial charge in [0.2, 0.25) is 0 Å². The third-order valence-electron chi connectivity index (χ3n) is 3.06. The Bertz CT molecular complexity index is 180. The monoisotopic (exact) mass is 244 g/mol. The van der Waals surface area contributed by atoms with Crippen molar-refractivity contribution in [3.8, 4) is 0 Å². The lowest BCUT2D eigenvalue weighted by molar-refractivity contribution is -0.132. The summed E-state index contributed by atoms with van der Waals surface area (Å²) in [4.78, 5) is 2.55. The molecule has 0 radical (unpaired) electrons. The molecule has 4 nitrogen and oxygen atoms in total. The molecule has 0 saturated heterocycles. The van der Waals surface area contributed by atoms with E-state index >= 15 is 0 Å². The minimum atomic E-state index is -0.0963. The molecule has 0 amide bonds. The molecule has 0 spiro atoms. The first-order valence-electron chi connectivity index (χ1n) is 6.99. The molecule has 0 aliphatic heterocycles. The summed E-state index contributed by atoms with van der Waals surface area (Å²) in [5.74, 6) is 0. The van der Waals surface area contributed by atoms with Gasteiger partial charge in [-0.15, -0.1) is 0 Å². The fraction of sp³-hybridized carbons (Fsp3) is 1.00. The molecular weight excluding hydrogens is 216 g/mol. The maximum absolute atomic E-state index is 5.48. The van der Waals surface area contributed by atoms with Crippen molar-refractivity contribution >= 4 is 0 Å². The molecule has 0 aromatic rings. The predicted molar refractivity (Wildman–Crippen MR) is 70.2 cm³/mol. The van der Waals surface area contributed by atoms with Gasteiger partial charge in [0.25, 0.3) is 0 Å². The van der Waals surface area contributed by atoms with Crippen LogP contribution in [0.15, 0.2) is 0 Å². The topological polar surface area (TPSA) is 33.7 Å². The van der Waals surface area contributed by atoms with Crippen molar-refractivity contribution in [3.63, 3.8) is 0 Å². The molecule has 0 aromatic heterocycles. The summed E-state index contributed by atoms with van der Waals surface area (Å²) in [6.45, 7) is 11.7. The zero-order valence-corrected chi connectivity index (χ0v) is 11.6. The first-order valence-corrected chi connectivity index (χ1v) is 6.99. The Labute approximate surface area is 106 Å². The van der Waals surface area contributed by atoms with E-state index in [1.165, 1.54) is 12.8 Å². The van der Waals surface area contributed by atoms with Crippen LogP contribution in [0.5, 0.6) is 0 Å². The zero-order valence-electron chi connectivity index (χ0n) is 11.6. The molecule has 0 unspecified atom stereocenters. The fourth-order valence-electron chi connectivity index (χ4n) is 2.02. The Kier molecular flexibility index (Phi) is 7.77. The first-order chi connectivity index (χ1) is 8.31. The number of likely N-dealkylation sites (N-methyl/N-ethyl adjacent to an activating group) is 1. The molecule has 0 heterocycles. The molecule has 1 aliphatic rings. The van der Waals surface area contributed by atoms with Crippen LogP contribution < -0.4 is 5.32 Å². The van der Waals surface area contributed by atoms with Crippen LogP contribution in [0.4, 0.5) is 0 Å². The summed E-state index contributed by atoms with van der Waals surface area (Å²) in [6, 6.07) is 0.858. The van der Waals surface area contributed by atoms with Gasteiger partial charge >= 0.3 is 0 Å². The van der Waals surface area contributed by atoms with Crippen molar-refractivity contribution in [1.29, 1.82) is 0 Å². The molecule has 4 heteroatoms. The maximum Gasteiger partial charge on any atom is 0.169 e. The van der Waals surface area contributed by atoms with E-state index in [9.17, 15) is 0 Å². The van der Waals surface area contributed by atoms with Crippen LogP contribution in [-0.2, 0) is 9.47 Å². The smallest absolute Gasteiger partial charge is 0.169 e. The van der Waals surface area contributed by atoms with Gasteiger partial charge in [-0.25, -0.2) is 0 Å². The highest BCUT2D eigenvalue weighted by atomic mass is 16.7. The third kappa shape index (κ3) is 6.36. The van der Waals surface area contributed by atoms with Gasteiger partial charge in [-0.2, -0.15) is 0 Å². The summed E-state index contributed by atoms with van der Waals surface area (Å²) < 4.78 is 11.0. The summed E-state index contributed by atoms with van der Waals surface area (Å²) in [6.07, 6.45) is 2.67.